The largest absolute Gasteiger partial charge is 0.355 e. The van der Waals surface area contributed by atoms with Crippen molar-refractivity contribution in [2.24, 2.45) is 0 Å². The van der Waals surface area contributed by atoms with Gasteiger partial charge in [-0.25, -0.2) is 4.39 Å². The molecule has 0 saturated heterocycles. The molecule has 0 radical (unpaired) electrons. The van der Waals surface area contributed by atoms with Crippen LogP contribution in [-0.2, 0) is 6.54 Å². The molecule has 1 aliphatic heterocycles. The van der Waals surface area contributed by atoms with Gasteiger partial charge < -0.3 is 16.0 Å². The maximum Gasteiger partial charge on any atom is 0.255 e. The Labute approximate surface area is 155 Å². The minimum absolute atomic E-state index is 0.240. The van der Waals surface area contributed by atoms with E-state index in [1.807, 2.05) is 6.07 Å². The molecular weight excluding hydrogens is 345 g/mol. The normalized spacial score (nSPS) is 12.3. The summed E-state index contributed by atoms with van der Waals surface area (Å²) in [5.74, 6) is -0.838. The highest BCUT2D eigenvalue weighted by atomic mass is 19.1. The van der Waals surface area contributed by atoms with E-state index in [2.05, 4.69) is 16.0 Å². The molecule has 1 heterocycles. The molecule has 0 fully saturated rings. The summed E-state index contributed by atoms with van der Waals surface area (Å²) in [7, 11) is 0. The van der Waals surface area contributed by atoms with E-state index in [4.69, 9.17) is 0 Å². The zero-order valence-electron chi connectivity index (χ0n) is 14.3. The van der Waals surface area contributed by atoms with Crippen LogP contribution < -0.4 is 16.0 Å². The number of carbonyl (C=O) groups is 2. The van der Waals surface area contributed by atoms with Crippen LogP contribution in [0, 0.1) is 5.82 Å². The first-order valence-electron chi connectivity index (χ1n) is 8.45. The molecule has 5 nitrogen and oxygen atoms in total. The Morgan fingerprint density at radius 1 is 0.926 bits per heavy atom. The van der Waals surface area contributed by atoms with E-state index < -0.39 is 0 Å². The van der Waals surface area contributed by atoms with E-state index in [0.717, 1.165) is 11.3 Å². The summed E-state index contributed by atoms with van der Waals surface area (Å²) < 4.78 is 13.1. The number of carbonyl (C=O) groups excluding carboxylic acids is 2. The number of rotatable bonds is 4. The maximum absolute atomic E-state index is 13.1. The van der Waals surface area contributed by atoms with Crippen LogP contribution in [0.25, 0.3) is 0 Å². The molecule has 3 aromatic rings. The van der Waals surface area contributed by atoms with Crippen molar-refractivity contribution in [3.05, 3.63) is 89.2 Å². The summed E-state index contributed by atoms with van der Waals surface area (Å²) >= 11 is 0. The van der Waals surface area contributed by atoms with Crippen LogP contribution in [0.1, 0.15) is 26.3 Å². The summed E-state index contributed by atoms with van der Waals surface area (Å²) in [6, 6.07) is 18.3. The van der Waals surface area contributed by atoms with Gasteiger partial charge in [0.2, 0.25) is 0 Å². The molecule has 0 atom stereocenters. The smallest absolute Gasteiger partial charge is 0.255 e. The maximum atomic E-state index is 13.1. The van der Waals surface area contributed by atoms with Crippen molar-refractivity contribution in [2.45, 2.75) is 6.54 Å². The summed E-state index contributed by atoms with van der Waals surface area (Å²) in [6.45, 7) is 0.354. The highest BCUT2D eigenvalue weighted by molar-refractivity contribution is 6.11. The molecule has 27 heavy (non-hydrogen) atoms. The molecule has 0 saturated carbocycles. The van der Waals surface area contributed by atoms with Crippen LogP contribution in [0.3, 0.4) is 0 Å². The van der Waals surface area contributed by atoms with Crippen LogP contribution in [0.15, 0.2) is 66.7 Å². The molecule has 0 aromatic heterocycles. The number of amides is 2. The van der Waals surface area contributed by atoms with Crippen molar-refractivity contribution in [1.29, 1.82) is 0 Å². The molecule has 3 aromatic carbocycles. The first-order valence-corrected chi connectivity index (χ1v) is 8.45. The van der Waals surface area contributed by atoms with E-state index in [-0.39, 0.29) is 17.6 Å². The Hall–Kier alpha value is -3.67. The second kappa shape index (κ2) is 6.92. The van der Waals surface area contributed by atoms with Crippen molar-refractivity contribution < 1.29 is 14.0 Å². The van der Waals surface area contributed by atoms with E-state index in [1.54, 1.807) is 48.5 Å². The standard InChI is InChI=1S/C21H16FN3O2/c22-14-6-8-15(9-7-14)24-17-10-11-18(19-16(17)12-23-21(19)27)25-20(26)13-4-2-1-3-5-13/h1-11,24H,12H2,(H,23,27)(H,25,26). The number of anilines is 3. The third-order valence-electron chi connectivity index (χ3n) is 4.37. The second-order valence-corrected chi connectivity index (χ2v) is 6.15. The van der Waals surface area contributed by atoms with Gasteiger partial charge in [0.1, 0.15) is 5.82 Å². The lowest BCUT2D eigenvalue weighted by atomic mass is 10.0. The number of halogens is 1. The van der Waals surface area contributed by atoms with E-state index in [0.29, 0.717) is 29.0 Å². The fourth-order valence-corrected chi connectivity index (χ4v) is 3.04. The number of fused-ring (bicyclic) bond motifs is 1. The van der Waals surface area contributed by atoms with Crippen molar-refractivity contribution in [3.63, 3.8) is 0 Å². The van der Waals surface area contributed by atoms with E-state index in [1.165, 1.54) is 12.1 Å². The minimum atomic E-state index is -0.318. The van der Waals surface area contributed by atoms with Gasteiger partial charge in [-0.2, -0.15) is 0 Å². The van der Waals surface area contributed by atoms with Crippen molar-refractivity contribution in [3.8, 4) is 0 Å². The number of benzene rings is 3. The van der Waals surface area contributed by atoms with Gasteiger partial charge in [0.05, 0.1) is 11.3 Å². The fraction of sp³-hybridized carbons (Fsp3) is 0.0476. The quantitative estimate of drug-likeness (QED) is 0.656. The van der Waals surface area contributed by atoms with Crippen LogP contribution >= 0.6 is 0 Å². The Kier molecular flexibility index (Phi) is 4.30. The predicted molar refractivity (Wildman–Crippen MR) is 102 cm³/mol. The Balaban J connectivity index is 1.65. The third-order valence-corrected chi connectivity index (χ3v) is 4.37. The summed E-state index contributed by atoms with van der Waals surface area (Å²) in [5.41, 5.74) is 3.60. The van der Waals surface area contributed by atoms with Gasteiger partial charge in [0.15, 0.2) is 0 Å². The van der Waals surface area contributed by atoms with Crippen LogP contribution in [0.4, 0.5) is 21.5 Å². The molecule has 2 amide bonds. The number of hydrogen-bond acceptors (Lipinski definition) is 3. The first-order chi connectivity index (χ1) is 13.1. The average Bonchev–Trinajstić information content (AvgIpc) is 3.08. The molecule has 134 valence electrons. The molecular formula is C21H16FN3O2. The Morgan fingerprint density at radius 3 is 2.37 bits per heavy atom. The van der Waals surface area contributed by atoms with Crippen molar-refractivity contribution >= 4 is 28.9 Å². The van der Waals surface area contributed by atoms with Crippen LogP contribution in [0.5, 0.6) is 0 Å². The highest BCUT2D eigenvalue weighted by Crippen LogP contribution is 2.33. The summed E-state index contributed by atoms with van der Waals surface area (Å²) in [6.07, 6.45) is 0. The monoisotopic (exact) mass is 361 g/mol. The summed E-state index contributed by atoms with van der Waals surface area (Å²) in [4.78, 5) is 24.7. The predicted octanol–water partition coefficient (Wildman–Crippen LogP) is 4.07. The SMILES string of the molecule is O=C(Nc1ccc(Nc2ccc(F)cc2)c2c1C(=O)NC2)c1ccccc1. The lowest BCUT2D eigenvalue weighted by molar-refractivity contribution is 0.0966. The number of hydrogen-bond donors (Lipinski definition) is 3. The third kappa shape index (κ3) is 3.37. The average molecular weight is 361 g/mol. The van der Waals surface area contributed by atoms with Crippen LogP contribution in [0.2, 0.25) is 0 Å². The van der Waals surface area contributed by atoms with E-state index in [9.17, 15) is 14.0 Å². The zero-order valence-corrected chi connectivity index (χ0v) is 14.3. The zero-order chi connectivity index (χ0) is 18.8. The molecule has 0 unspecified atom stereocenters. The van der Waals surface area contributed by atoms with Gasteiger partial charge in [-0.05, 0) is 48.5 Å². The van der Waals surface area contributed by atoms with Crippen LogP contribution in [-0.4, -0.2) is 11.8 Å². The second-order valence-electron chi connectivity index (χ2n) is 6.15. The Morgan fingerprint density at radius 2 is 1.63 bits per heavy atom. The molecule has 4 rings (SSSR count). The number of nitrogens with one attached hydrogen (secondary N) is 3. The van der Waals surface area contributed by atoms with Gasteiger partial charge >= 0.3 is 0 Å². The molecule has 0 aliphatic carbocycles. The summed E-state index contributed by atoms with van der Waals surface area (Å²) in [5, 5.41) is 8.79. The Bertz CT molecular complexity index is 1020. The van der Waals surface area contributed by atoms with Crippen molar-refractivity contribution in [1.82, 2.24) is 5.32 Å². The van der Waals surface area contributed by atoms with Gasteiger partial charge in [-0.15, -0.1) is 0 Å². The molecule has 1 aliphatic rings. The molecule has 3 N–H and O–H groups in total. The van der Waals surface area contributed by atoms with Gasteiger partial charge in [-0.3, -0.25) is 9.59 Å². The molecule has 0 bridgehead atoms. The first kappa shape index (κ1) is 16.8. The molecule has 0 spiro atoms. The topological polar surface area (TPSA) is 70.2 Å². The highest BCUT2D eigenvalue weighted by Gasteiger charge is 2.26. The van der Waals surface area contributed by atoms with Gasteiger partial charge in [0.25, 0.3) is 11.8 Å². The lowest BCUT2D eigenvalue weighted by Crippen LogP contribution is -2.17. The fourth-order valence-electron chi connectivity index (χ4n) is 3.04. The van der Waals surface area contributed by atoms with Gasteiger partial charge in [0, 0.05) is 29.0 Å². The van der Waals surface area contributed by atoms with Crippen molar-refractivity contribution in [2.75, 3.05) is 10.6 Å². The minimum Gasteiger partial charge on any atom is -0.355 e. The lowest BCUT2D eigenvalue weighted by Gasteiger charge is -2.14. The van der Waals surface area contributed by atoms with Gasteiger partial charge in [-0.1, -0.05) is 18.2 Å². The molecule has 6 heteroatoms. The van der Waals surface area contributed by atoms with E-state index >= 15 is 0 Å².